The number of likely N-dealkylation sites (tertiary alicyclic amines) is 1. The fraction of sp³-hybridized carbons (Fsp3) is 0.625. The van der Waals surface area contributed by atoms with Gasteiger partial charge in [0, 0.05) is 23.1 Å². The van der Waals surface area contributed by atoms with Gasteiger partial charge in [-0.3, -0.25) is 4.90 Å². The molecule has 3 unspecified atom stereocenters. The van der Waals surface area contributed by atoms with Gasteiger partial charge in [-0.15, -0.1) is 0 Å². The summed E-state index contributed by atoms with van der Waals surface area (Å²) in [5, 5.41) is 0. The predicted octanol–water partition coefficient (Wildman–Crippen LogP) is 3.96. The van der Waals surface area contributed by atoms with E-state index >= 15 is 0 Å². The molecule has 106 valence electrons. The van der Waals surface area contributed by atoms with E-state index < -0.39 is 0 Å². The molecule has 1 heterocycles. The lowest BCUT2D eigenvalue weighted by molar-refractivity contribution is 0.210. The molecule has 2 nitrogen and oxygen atoms in total. The average molecular weight is 325 g/mol. The van der Waals surface area contributed by atoms with Gasteiger partial charge in [0.15, 0.2) is 0 Å². The van der Waals surface area contributed by atoms with Crippen LogP contribution in [0.1, 0.15) is 44.7 Å². The first-order valence-electron chi connectivity index (χ1n) is 7.37. The molecule has 0 amide bonds. The first-order valence-corrected chi connectivity index (χ1v) is 8.16. The van der Waals surface area contributed by atoms with Crippen LogP contribution in [0, 0.1) is 5.92 Å². The van der Waals surface area contributed by atoms with Crippen LogP contribution < -0.4 is 5.73 Å². The minimum Gasteiger partial charge on any atom is -0.326 e. The van der Waals surface area contributed by atoms with Crippen LogP contribution in [0.15, 0.2) is 28.7 Å². The fourth-order valence-corrected chi connectivity index (χ4v) is 3.53. The van der Waals surface area contributed by atoms with Gasteiger partial charge < -0.3 is 5.73 Å². The van der Waals surface area contributed by atoms with Gasteiger partial charge in [0.1, 0.15) is 0 Å². The zero-order valence-electron chi connectivity index (χ0n) is 12.0. The van der Waals surface area contributed by atoms with Crippen LogP contribution in [-0.4, -0.2) is 24.0 Å². The van der Waals surface area contributed by atoms with E-state index in [2.05, 4.69) is 58.9 Å². The summed E-state index contributed by atoms with van der Waals surface area (Å²) in [7, 11) is 0. The van der Waals surface area contributed by atoms with Gasteiger partial charge in [0.25, 0.3) is 0 Å². The van der Waals surface area contributed by atoms with E-state index in [9.17, 15) is 0 Å². The Kier molecular flexibility index (Phi) is 5.43. The summed E-state index contributed by atoms with van der Waals surface area (Å²) < 4.78 is 1.13. The number of rotatable bonds is 5. The number of benzene rings is 1. The summed E-state index contributed by atoms with van der Waals surface area (Å²) in [6.45, 7) is 6.79. The third-order valence-electron chi connectivity index (χ3n) is 4.12. The van der Waals surface area contributed by atoms with Crippen molar-refractivity contribution in [2.45, 2.75) is 45.2 Å². The summed E-state index contributed by atoms with van der Waals surface area (Å²) >= 11 is 3.50. The highest BCUT2D eigenvalue weighted by Gasteiger charge is 2.30. The van der Waals surface area contributed by atoms with Crippen molar-refractivity contribution in [2.75, 3.05) is 13.1 Å². The van der Waals surface area contributed by atoms with E-state index in [0.717, 1.165) is 10.4 Å². The van der Waals surface area contributed by atoms with Crippen molar-refractivity contribution in [3.63, 3.8) is 0 Å². The van der Waals surface area contributed by atoms with E-state index in [-0.39, 0.29) is 6.04 Å². The Labute approximate surface area is 125 Å². The third-order valence-corrected chi connectivity index (χ3v) is 4.65. The lowest BCUT2D eigenvalue weighted by Crippen LogP contribution is -2.38. The molecule has 0 saturated carbocycles. The molecule has 0 aromatic heterocycles. The molecule has 0 spiro atoms. The summed E-state index contributed by atoms with van der Waals surface area (Å²) in [6.07, 6.45) is 3.97. The topological polar surface area (TPSA) is 29.3 Å². The van der Waals surface area contributed by atoms with E-state index in [1.54, 1.807) is 0 Å². The molecule has 3 atom stereocenters. The Morgan fingerprint density at radius 2 is 2.05 bits per heavy atom. The van der Waals surface area contributed by atoms with Crippen LogP contribution >= 0.6 is 15.9 Å². The molecule has 2 N–H and O–H groups in total. The predicted molar refractivity (Wildman–Crippen MR) is 85.1 cm³/mol. The summed E-state index contributed by atoms with van der Waals surface area (Å²) in [5.74, 6) is 0.863. The summed E-state index contributed by atoms with van der Waals surface area (Å²) in [4.78, 5) is 2.58. The quantitative estimate of drug-likeness (QED) is 0.888. The molecule has 2 rings (SSSR count). The summed E-state index contributed by atoms with van der Waals surface area (Å²) in [5.41, 5.74) is 7.60. The zero-order chi connectivity index (χ0) is 13.8. The van der Waals surface area contributed by atoms with Crippen LogP contribution in [0.3, 0.4) is 0 Å². The van der Waals surface area contributed by atoms with Crippen molar-refractivity contribution in [1.82, 2.24) is 4.90 Å². The second kappa shape index (κ2) is 6.87. The molecule has 0 bridgehead atoms. The van der Waals surface area contributed by atoms with Gasteiger partial charge in [-0.05, 0) is 49.9 Å². The Bertz CT molecular complexity index is 388. The number of hydrogen-bond donors (Lipinski definition) is 1. The van der Waals surface area contributed by atoms with Crippen molar-refractivity contribution in [3.8, 4) is 0 Å². The molecular weight excluding hydrogens is 300 g/mol. The lowest BCUT2D eigenvalue weighted by Gasteiger charge is -2.31. The monoisotopic (exact) mass is 324 g/mol. The molecule has 19 heavy (non-hydrogen) atoms. The number of halogens is 1. The fourth-order valence-electron chi connectivity index (χ4n) is 3.27. The van der Waals surface area contributed by atoms with Crippen LogP contribution in [0.25, 0.3) is 0 Å². The maximum atomic E-state index is 6.25. The van der Waals surface area contributed by atoms with Gasteiger partial charge in [0.2, 0.25) is 0 Å². The highest BCUT2D eigenvalue weighted by atomic mass is 79.9. The zero-order valence-corrected chi connectivity index (χ0v) is 13.6. The Morgan fingerprint density at radius 1 is 1.37 bits per heavy atom. The molecule has 1 aromatic rings. The van der Waals surface area contributed by atoms with Crippen molar-refractivity contribution in [3.05, 3.63) is 34.3 Å². The van der Waals surface area contributed by atoms with E-state index in [1.807, 2.05) is 0 Å². The normalized spacial score (nSPS) is 23.5. The molecule has 1 aromatic carbocycles. The van der Waals surface area contributed by atoms with Gasteiger partial charge in [-0.2, -0.15) is 0 Å². The maximum Gasteiger partial charge on any atom is 0.0496 e. The number of nitrogens with two attached hydrogens (primary N) is 1. The number of hydrogen-bond acceptors (Lipinski definition) is 2. The van der Waals surface area contributed by atoms with Crippen molar-refractivity contribution in [1.29, 1.82) is 0 Å². The second-order valence-corrected chi connectivity index (χ2v) is 6.71. The van der Waals surface area contributed by atoms with E-state index in [0.29, 0.717) is 6.04 Å². The SMILES string of the molecule is CCCC1CCN(C(c2ccc(Br)cc2)C(C)N)C1. The molecular formula is C16H25BrN2. The van der Waals surface area contributed by atoms with Crippen LogP contribution in [0.4, 0.5) is 0 Å². The Hall–Kier alpha value is -0.380. The number of nitrogens with zero attached hydrogens (tertiary/aromatic N) is 1. The third kappa shape index (κ3) is 3.80. The van der Waals surface area contributed by atoms with Crippen LogP contribution in [0.5, 0.6) is 0 Å². The largest absolute Gasteiger partial charge is 0.326 e. The molecule has 1 saturated heterocycles. The maximum absolute atomic E-state index is 6.25. The standard InChI is InChI=1S/C16H25BrN2/c1-3-4-13-9-10-19(11-13)16(12(2)18)14-5-7-15(17)8-6-14/h5-8,12-13,16H,3-4,9-11,18H2,1-2H3. The second-order valence-electron chi connectivity index (χ2n) is 5.79. The molecule has 0 aliphatic carbocycles. The minimum atomic E-state index is 0.168. The lowest BCUT2D eigenvalue weighted by atomic mass is 9.99. The van der Waals surface area contributed by atoms with E-state index in [4.69, 9.17) is 5.73 Å². The van der Waals surface area contributed by atoms with Gasteiger partial charge in [-0.25, -0.2) is 0 Å². The summed E-state index contributed by atoms with van der Waals surface area (Å²) in [6, 6.07) is 9.15. The average Bonchev–Trinajstić information content (AvgIpc) is 2.80. The van der Waals surface area contributed by atoms with Gasteiger partial charge in [-0.1, -0.05) is 41.4 Å². The van der Waals surface area contributed by atoms with Crippen LogP contribution in [-0.2, 0) is 0 Å². The molecule has 1 aliphatic heterocycles. The van der Waals surface area contributed by atoms with Crippen LogP contribution in [0.2, 0.25) is 0 Å². The Balaban J connectivity index is 2.11. The minimum absolute atomic E-state index is 0.168. The van der Waals surface area contributed by atoms with Crippen molar-refractivity contribution >= 4 is 15.9 Å². The highest BCUT2D eigenvalue weighted by molar-refractivity contribution is 9.10. The molecule has 0 radical (unpaired) electrons. The van der Waals surface area contributed by atoms with E-state index in [1.165, 1.54) is 37.9 Å². The first kappa shape index (κ1) is 15.0. The molecule has 1 aliphatic rings. The van der Waals surface area contributed by atoms with Gasteiger partial charge >= 0.3 is 0 Å². The first-order chi connectivity index (χ1) is 9.11. The highest BCUT2D eigenvalue weighted by Crippen LogP contribution is 2.31. The smallest absolute Gasteiger partial charge is 0.0496 e. The van der Waals surface area contributed by atoms with Crippen molar-refractivity contribution < 1.29 is 0 Å². The Morgan fingerprint density at radius 3 is 2.63 bits per heavy atom. The molecule has 1 fully saturated rings. The van der Waals surface area contributed by atoms with Gasteiger partial charge in [0.05, 0.1) is 0 Å². The molecule has 3 heteroatoms. The van der Waals surface area contributed by atoms with Crippen molar-refractivity contribution in [2.24, 2.45) is 11.7 Å².